The minimum Gasteiger partial charge on any atom is -0.352 e. The van der Waals surface area contributed by atoms with Crippen LogP contribution in [0.3, 0.4) is 0 Å². The minimum absolute atomic E-state index is 0.0124. The molecule has 2 amide bonds. The molecule has 0 aliphatic carbocycles. The van der Waals surface area contributed by atoms with Gasteiger partial charge in [0.05, 0.1) is 0 Å². The molecule has 0 heterocycles. The lowest BCUT2D eigenvalue weighted by atomic mass is 10.2. The van der Waals surface area contributed by atoms with Crippen molar-refractivity contribution in [3.8, 4) is 0 Å². The fraction of sp³-hybridized carbons (Fsp3) is 0.300. The van der Waals surface area contributed by atoms with Crippen molar-refractivity contribution in [2.24, 2.45) is 5.73 Å². The predicted molar refractivity (Wildman–Crippen MR) is 55.7 cm³/mol. The lowest BCUT2D eigenvalue weighted by Gasteiger charge is -2.07. The van der Waals surface area contributed by atoms with Crippen molar-refractivity contribution < 1.29 is 13.6 Å². The maximum Gasteiger partial charge on any atom is 0.312 e. The molecule has 0 aliphatic rings. The lowest BCUT2D eigenvalue weighted by Crippen LogP contribution is -2.35. The van der Waals surface area contributed by atoms with Crippen molar-refractivity contribution in [2.45, 2.75) is 6.54 Å². The highest BCUT2D eigenvalue weighted by Gasteiger charge is 2.06. The summed E-state index contributed by atoms with van der Waals surface area (Å²) in [4.78, 5) is 10.3. The van der Waals surface area contributed by atoms with E-state index in [-0.39, 0.29) is 12.1 Å². The van der Waals surface area contributed by atoms with E-state index in [1.165, 1.54) is 18.2 Å². The van der Waals surface area contributed by atoms with E-state index in [1.807, 2.05) is 0 Å². The summed E-state index contributed by atoms with van der Waals surface area (Å²) in [6.45, 7) is 0.765. The van der Waals surface area contributed by atoms with Crippen LogP contribution in [0.1, 0.15) is 5.56 Å². The summed E-state index contributed by atoms with van der Waals surface area (Å²) in [6, 6.07) is 3.07. The van der Waals surface area contributed by atoms with Gasteiger partial charge in [0.1, 0.15) is 11.6 Å². The molecule has 0 bridgehead atoms. The normalized spacial score (nSPS) is 10.1. The average molecular weight is 229 g/mol. The van der Waals surface area contributed by atoms with Gasteiger partial charge in [-0.1, -0.05) is 6.07 Å². The quantitative estimate of drug-likeness (QED) is 0.651. The van der Waals surface area contributed by atoms with Crippen LogP contribution in [-0.4, -0.2) is 19.1 Å². The van der Waals surface area contributed by atoms with E-state index in [0.29, 0.717) is 13.1 Å². The summed E-state index contributed by atoms with van der Waals surface area (Å²) >= 11 is 0. The highest BCUT2D eigenvalue weighted by molar-refractivity contribution is 5.71. The number of nitrogens with two attached hydrogens (primary N) is 1. The Morgan fingerprint density at radius 1 is 1.25 bits per heavy atom. The van der Waals surface area contributed by atoms with Gasteiger partial charge < -0.3 is 16.4 Å². The van der Waals surface area contributed by atoms with Crippen LogP contribution in [0.15, 0.2) is 18.2 Å². The zero-order chi connectivity index (χ0) is 12.0. The van der Waals surface area contributed by atoms with Crippen LogP contribution in [0, 0.1) is 11.6 Å². The zero-order valence-electron chi connectivity index (χ0n) is 8.59. The first-order valence-electron chi connectivity index (χ1n) is 4.78. The van der Waals surface area contributed by atoms with Crippen molar-refractivity contribution in [3.63, 3.8) is 0 Å². The highest BCUT2D eigenvalue weighted by Crippen LogP contribution is 2.10. The van der Waals surface area contributed by atoms with Crippen LogP contribution in [-0.2, 0) is 6.54 Å². The van der Waals surface area contributed by atoms with Gasteiger partial charge in [-0.25, -0.2) is 13.6 Å². The molecular formula is C10H13F2N3O. The third kappa shape index (κ3) is 3.82. The number of carbonyl (C=O) groups excluding carboxylic acids is 1. The standard InChI is InChI=1S/C10H13F2N3O/c11-8-2-1-3-9(12)7(8)6-14-4-5-15-10(13)16/h1-3,14H,4-6H2,(H3,13,15,16). The first kappa shape index (κ1) is 12.4. The lowest BCUT2D eigenvalue weighted by molar-refractivity contribution is 0.249. The second kappa shape index (κ2) is 6.02. The molecule has 0 radical (unpaired) electrons. The molecular weight excluding hydrogens is 216 g/mol. The molecule has 0 spiro atoms. The van der Waals surface area contributed by atoms with Crippen molar-refractivity contribution >= 4 is 6.03 Å². The topological polar surface area (TPSA) is 67.2 Å². The van der Waals surface area contributed by atoms with Crippen LogP contribution in [0.2, 0.25) is 0 Å². The maximum atomic E-state index is 13.1. The molecule has 0 aliphatic heterocycles. The number of carbonyl (C=O) groups is 1. The van der Waals surface area contributed by atoms with E-state index >= 15 is 0 Å². The number of hydrogen-bond donors (Lipinski definition) is 3. The summed E-state index contributed by atoms with van der Waals surface area (Å²) in [5, 5.41) is 5.14. The van der Waals surface area contributed by atoms with Crippen LogP contribution >= 0.6 is 0 Å². The van der Waals surface area contributed by atoms with Gasteiger partial charge in [-0.05, 0) is 12.1 Å². The molecule has 0 fully saturated rings. The van der Waals surface area contributed by atoms with Crippen LogP contribution in [0.25, 0.3) is 0 Å². The van der Waals surface area contributed by atoms with Crippen LogP contribution in [0.4, 0.5) is 13.6 Å². The number of amides is 2. The third-order valence-corrected chi connectivity index (χ3v) is 1.96. The summed E-state index contributed by atoms with van der Waals surface area (Å²) in [5.74, 6) is -1.18. The average Bonchev–Trinajstić information content (AvgIpc) is 2.21. The van der Waals surface area contributed by atoms with Crippen molar-refractivity contribution in [2.75, 3.05) is 13.1 Å². The number of halogens is 2. The highest BCUT2D eigenvalue weighted by atomic mass is 19.1. The Kier molecular flexibility index (Phi) is 4.65. The molecule has 1 aromatic rings. The van der Waals surface area contributed by atoms with E-state index < -0.39 is 17.7 Å². The minimum atomic E-state index is -0.626. The summed E-state index contributed by atoms with van der Waals surface area (Å²) in [6.07, 6.45) is 0. The molecule has 4 nitrogen and oxygen atoms in total. The van der Waals surface area contributed by atoms with E-state index in [9.17, 15) is 13.6 Å². The monoisotopic (exact) mass is 229 g/mol. The first-order valence-corrected chi connectivity index (χ1v) is 4.78. The van der Waals surface area contributed by atoms with E-state index in [4.69, 9.17) is 5.73 Å². The summed E-state index contributed by atoms with van der Waals surface area (Å²) in [7, 11) is 0. The van der Waals surface area contributed by atoms with E-state index in [0.717, 1.165) is 0 Å². The molecule has 0 unspecified atom stereocenters. The summed E-state index contributed by atoms with van der Waals surface area (Å²) < 4.78 is 26.2. The second-order valence-corrected chi connectivity index (χ2v) is 3.17. The molecule has 16 heavy (non-hydrogen) atoms. The molecule has 1 aromatic carbocycles. The van der Waals surface area contributed by atoms with Crippen LogP contribution < -0.4 is 16.4 Å². The van der Waals surface area contributed by atoms with Gasteiger partial charge in [0.15, 0.2) is 0 Å². The molecule has 4 N–H and O–H groups in total. The Morgan fingerprint density at radius 2 is 1.88 bits per heavy atom. The molecule has 1 rings (SSSR count). The zero-order valence-corrected chi connectivity index (χ0v) is 8.59. The largest absolute Gasteiger partial charge is 0.352 e. The molecule has 0 saturated heterocycles. The Labute approximate surface area is 91.8 Å². The Balaban J connectivity index is 2.34. The third-order valence-electron chi connectivity index (χ3n) is 1.96. The van der Waals surface area contributed by atoms with Crippen molar-refractivity contribution in [1.29, 1.82) is 0 Å². The van der Waals surface area contributed by atoms with Gasteiger partial charge in [0.2, 0.25) is 0 Å². The van der Waals surface area contributed by atoms with Crippen molar-refractivity contribution in [1.82, 2.24) is 10.6 Å². The van der Waals surface area contributed by atoms with Gasteiger partial charge >= 0.3 is 6.03 Å². The van der Waals surface area contributed by atoms with Crippen molar-refractivity contribution in [3.05, 3.63) is 35.4 Å². The van der Waals surface area contributed by atoms with Gasteiger partial charge in [-0.15, -0.1) is 0 Å². The SMILES string of the molecule is NC(=O)NCCNCc1c(F)cccc1F. The van der Waals surface area contributed by atoms with Crippen LogP contribution in [0.5, 0.6) is 0 Å². The Morgan fingerprint density at radius 3 is 2.44 bits per heavy atom. The van der Waals surface area contributed by atoms with Gasteiger partial charge in [-0.2, -0.15) is 0 Å². The van der Waals surface area contributed by atoms with Gasteiger partial charge in [0.25, 0.3) is 0 Å². The molecule has 88 valence electrons. The number of urea groups is 1. The first-order chi connectivity index (χ1) is 7.61. The summed E-state index contributed by atoms with van der Waals surface area (Å²) in [5.41, 5.74) is 4.82. The Hall–Kier alpha value is -1.69. The van der Waals surface area contributed by atoms with E-state index in [2.05, 4.69) is 10.6 Å². The fourth-order valence-corrected chi connectivity index (χ4v) is 1.19. The number of benzene rings is 1. The second-order valence-electron chi connectivity index (χ2n) is 3.17. The maximum absolute atomic E-state index is 13.1. The van der Waals surface area contributed by atoms with Gasteiger partial charge in [-0.3, -0.25) is 0 Å². The van der Waals surface area contributed by atoms with E-state index in [1.54, 1.807) is 0 Å². The Bertz CT molecular complexity index is 351. The number of hydrogen-bond acceptors (Lipinski definition) is 2. The molecule has 6 heteroatoms. The molecule has 0 atom stereocenters. The predicted octanol–water partition coefficient (Wildman–Crippen LogP) is 0.723. The molecule has 0 saturated carbocycles. The fourth-order valence-electron chi connectivity index (χ4n) is 1.19. The number of nitrogens with one attached hydrogen (secondary N) is 2. The van der Waals surface area contributed by atoms with Gasteiger partial charge in [0, 0.05) is 25.2 Å². The number of primary amides is 1. The smallest absolute Gasteiger partial charge is 0.312 e. The molecule has 0 aromatic heterocycles. The number of rotatable bonds is 5.